The van der Waals surface area contributed by atoms with Crippen LogP contribution in [0.15, 0.2) is 24.3 Å². The number of benzene rings is 1. The van der Waals surface area contributed by atoms with Gasteiger partial charge in [-0.1, -0.05) is 19.9 Å². The number of nitrogens with one attached hydrogen (secondary N) is 2. The van der Waals surface area contributed by atoms with Gasteiger partial charge in [-0.25, -0.2) is 4.39 Å². The van der Waals surface area contributed by atoms with Crippen molar-refractivity contribution in [3.05, 3.63) is 52.6 Å². The molecule has 0 radical (unpaired) electrons. The summed E-state index contributed by atoms with van der Waals surface area (Å²) in [5.41, 5.74) is 1.96. The van der Waals surface area contributed by atoms with Crippen molar-refractivity contribution in [3.8, 4) is 0 Å². The maximum atomic E-state index is 13.6. The van der Waals surface area contributed by atoms with E-state index >= 15 is 0 Å². The Morgan fingerprint density at radius 3 is 2.85 bits per heavy atom. The molecule has 2 N–H and O–H groups in total. The number of carbonyl (C=O) groups is 2. The molecule has 0 aliphatic carbocycles. The Kier molecular flexibility index (Phi) is 5.06. The van der Waals surface area contributed by atoms with Crippen molar-refractivity contribution in [1.82, 2.24) is 20.4 Å². The number of hydrogen-bond donors (Lipinski definition) is 2. The monoisotopic (exact) mass is 358 g/mol. The molecule has 1 fully saturated rings. The molecule has 1 atom stereocenters. The number of rotatable bonds is 4. The van der Waals surface area contributed by atoms with Crippen LogP contribution in [0, 0.1) is 12.7 Å². The smallest absolute Gasteiger partial charge is 0.274 e. The van der Waals surface area contributed by atoms with Crippen LogP contribution < -0.4 is 5.32 Å². The first-order valence-electron chi connectivity index (χ1n) is 8.77. The highest BCUT2D eigenvalue weighted by Crippen LogP contribution is 2.18. The van der Waals surface area contributed by atoms with Gasteiger partial charge in [-0.3, -0.25) is 14.7 Å². The fourth-order valence-corrected chi connectivity index (χ4v) is 3.08. The van der Waals surface area contributed by atoms with Crippen LogP contribution in [-0.2, 0) is 0 Å². The highest BCUT2D eigenvalue weighted by Gasteiger charge is 2.29. The molecule has 1 aromatic carbocycles. The molecule has 0 saturated carbocycles. The fraction of sp³-hybridized carbons (Fsp3) is 0.421. The van der Waals surface area contributed by atoms with Gasteiger partial charge in [0.05, 0.1) is 0 Å². The quantitative estimate of drug-likeness (QED) is 0.882. The predicted molar refractivity (Wildman–Crippen MR) is 95.6 cm³/mol. The van der Waals surface area contributed by atoms with Crippen molar-refractivity contribution in [2.45, 2.75) is 39.2 Å². The topological polar surface area (TPSA) is 78.1 Å². The highest BCUT2D eigenvalue weighted by molar-refractivity contribution is 5.96. The first-order valence-corrected chi connectivity index (χ1v) is 8.77. The Morgan fingerprint density at radius 1 is 1.38 bits per heavy atom. The minimum absolute atomic E-state index is 0.146. The van der Waals surface area contributed by atoms with Crippen molar-refractivity contribution in [2.24, 2.45) is 0 Å². The van der Waals surface area contributed by atoms with Crippen molar-refractivity contribution in [3.63, 3.8) is 0 Å². The molecule has 1 unspecified atom stereocenters. The lowest BCUT2D eigenvalue weighted by Gasteiger charge is -2.16. The minimum Gasteiger partial charge on any atom is -0.347 e. The number of halogens is 1. The number of H-pyrrole nitrogens is 1. The van der Waals surface area contributed by atoms with Gasteiger partial charge in [-0.05, 0) is 43.0 Å². The Bertz CT molecular complexity index is 831. The van der Waals surface area contributed by atoms with E-state index in [4.69, 9.17) is 0 Å². The van der Waals surface area contributed by atoms with Gasteiger partial charge in [0.25, 0.3) is 11.8 Å². The molecule has 6 nitrogen and oxygen atoms in total. The van der Waals surface area contributed by atoms with Crippen LogP contribution in [0.2, 0.25) is 0 Å². The Labute approximate surface area is 151 Å². The van der Waals surface area contributed by atoms with Crippen LogP contribution in [0.1, 0.15) is 58.3 Å². The standard InChI is InChI=1S/C19H23FN4O2/c1-11(2)16-9-17(23-22-16)19(26)24-8-7-13(10-24)21-18(25)14-5-4-6-15(20)12(14)3/h4-6,9,11,13H,7-8,10H2,1-3H3,(H,21,25)(H,22,23). The van der Waals surface area contributed by atoms with E-state index in [9.17, 15) is 14.0 Å². The van der Waals surface area contributed by atoms with Crippen LogP contribution in [-0.4, -0.2) is 46.0 Å². The molecule has 1 aliphatic heterocycles. The second-order valence-electron chi connectivity index (χ2n) is 6.99. The summed E-state index contributed by atoms with van der Waals surface area (Å²) in [7, 11) is 0. The molecule has 0 bridgehead atoms. The van der Waals surface area contributed by atoms with Gasteiger partial charge in [0, 0.05) is 30.4 Å². The summed E-state index contributed by atoms with van der Waals surface area (Å²) < 4.78 is 13.6. The second-order valence-corrected chi connectivity index (χ2v) is 6.99. The average molecular weight is 358 g/mol. The summed E-state index contributed by atoms with van der Waals surface area (Å²) in [4.78, 5) is 26.6. The normalized spacial score (nSPS) is 17.0. The zero-order chi connectivity index (χ0) is 18.8. The van der Waals surface area contributed by atoms with E-state index in [-0.39, 0.29) is 23.8 Å². The van der Waals surface area contributed by atoms with Crippen molar-refractivity contribution in [1.29, 1.82) is 0 Å². The van der Waals surface area contributed by atoms with Crippen molar-refractivity contribution < 1.29 is 14.0 Å². The van der Waals surface area contributed by atoms with Crippen LogP contribution in [0.5, 0.6) is 0 Å². The Hall–Kier alpha value is -2.70. The van der Waals surface area contributed by atoms with Crippen LogP contribution in [0.25, 0.3) is 0 Å². The number of likely N-dealkylation sites (tertiary alicyclic amines) is 1. The van der Waals surface area contributed by atoms with Gasteiger partial charge in [0.15, 0.2) is 0 Å². The van der Waals surface area contributed by atoms with Gasteiger partial charge < -0.3 is 10.2 Å². The molecule has 2 heterocycles. The third-order valence-corrected chi connectivity index (χ3v) is 4.76. The van der Waals surface area contributed by atoms with Gasteiger partial charge >= 0.3 is 0 Å². The Balaban J connectivity index is 1.62. The highest BCUT2D eigenvalue weighted by atomic mass is 19.1. The number of aromatic nitrogens is 2. The van der Waals surface area contributed by atoms with Crippen molar-refractivity contribution in [2.75, 3.05) is 13.1 Å². The third kappa shape index (κ3) is 3.61. The maximum absolute atomic E-state index is 13.6. The summed E-state index contributed by atoms with van der Waals surface area (Å²) >= 11 is 0. The summed E-state index contributed by atoms with van der Waals surface area (Å²) in [6.07, 6.45) is 0.660. The van der Waals surface area contributed by atoms with Crippen molar-refractivity contribution >= 4 is 11.8 Å². The lowest BCUT2D eigenvalue weighted by atomic mass is 10.1. The molecular weight excluding hydrogens is 335 g/mol. The molecule has 1 saturated heterocycles. The molecule has 26 heavy (non-hydrogen) atoms. The molecule has 3 rings (SSSR count). The third-order valence-electron chi connectivity index (χ3n) is 4.76. The van der Waals surface area contributed by atoms with Crippen LogP contribution in [0.3, 0.4) is 0 Å². The molecule has 1 aromatic heterocycles. The minimum atomic E-state index is -0.402. The molecular formula is C19H23FN4O2. The van der Waals surface area contributed by atoms with E-state index < -0.39 is 5.82 Å². The Morgan fingerprint density at radius 2 is 2.15 bits per heavy atom. The number of nitrogens with zero attached hydrogens (tertiary/aromatic N) is 2. The first kappa shape index (κ1) is 18.1. The largest absolute Gasteiger partial charge is 0.347 e. The number of aromatic amines is 1. The second kappa shape index (κ2) is 7.27. The zero-order valence-electron chi connectivity index (χ0n) is 15.2. The van der Waals surface area contributed by atoms with E-state index in [1.165, 1.54) is 12.1 Å². The van der Waals surface area contributed by atoms with E-state index in [1.807, 2.05) is 13.8 Å². The zero-order valence-corrected chi connectivity index (χ0v) is 15.2. The van der Waals surface area contributed by atoms with E-state index in [0.29, 0.717) is 36.3 Å². The molecule has 0 spiro atoms. The van der Waals surface area contributed by atoms with E-state index in [1.54, 1.807) is 24.0 Å². The fourth-order valence-electron chi connectivity index (χ4n) is 3.08. The molecule has 2 aromatic rings. The van der Waals surface area contributed by atoms with Gasteiger partial charge in [0.1, 0.15) is 11.5 Å². The van der Waals surface area contributed by atoms with E-state index in [0.717, 1.165) is 5.69 Å². The summed E-state index contributed by atoms with van der Waals surface area (Å²) in [5, 5.41) is 9.87. The molecule has 7 heteroatoms. The lowest BCUT2D eigenvalue weighted by Crippen LogP contribution is -2.38. The summed E-state index contributed by atoms with van der Waals surface area (Å²) in [6, 6.07) is 6.07. The molecule has 138 valence electrons. The van der Waals surface area contributed by atoms with Crippen LogP contribution in [0.4, 0.5) is 4.39 Å². The summed E-state index contributed by atoms with van der Waals surface area (Å²) in [6.45, 7) is 6.60. The predicted octanol–water partition coefficient (Wildman–Crippen LogP) is 2.63. The van der Waals surface area contributed by atoms with E-state index in [2.05, 4.69) is 15.5 Å². The number of carbonyl (C=O) groups excluding carboxylic acids is 2. The number of amides is 2. The number of hydrogen-bond acceptors (Lipinski definition) is 3. The van der Waals surface area contributed by atoms with Gasteiger partial charge in [0.2, 0.25) is 0 Å². The maximum Gasteiger partial charge on any atom is 0.274 e. The first-order chi connectivity index (χ1) is 12.4. The lowest BCUT2D eigenvalue weighted by molar-refractivity contribution is 0.0777. The SMILES string of the molecule is Cc1c(F)cccc1C(=O)NC1CCN(C(=O)c2cc(C(C)C)[nH]n2)C1. The molecule has 1 aliphatic rings. The molecule has 2 amide bonds. The average Bonchev–Trinajstić information content (AvgIpc) is 3.26. The summed E-state index contributed by atoms with van der Waals surface area (Å²) in [5.74, 6) is -0.598. The van der Waals surface area contributed by atoms with Crippen LogP contribution >= 0.6 is 0 Å². The van der Waals surface area contributed by atoms with Gasteiger partial charge in [-0.15, -0.1) is 0 Å². The van der Waals surface area contributed by atoms with Gasteiger partial charge in [-0.2, -0.15) is 5.10 Å².